The Morgan fingerprint density at radius 2 is 1.69 bits per heavy atom. The Kier molecular flexibility index (Phi) is 6.78. The highest BCUT2D eigenvalue weighted by Gasteiger charge is 2.12. The number of aromatic hydroxyl groups is 1. The SMILES string of the molecule is CC(=O)COc1cc(Cl)c(Cc2ccc(O)c(Cc3cccc(F)c3)c2)c(Cl)c1. The van der Waals surface area contributed by atoms with Crippen LogP contribution < -0.4 is 4.74 Å². The highest BCUT2D eigenvalue weighted by Crippen LogP contribution is 2.33. The van der Waals surface area contributed by atoms with Crippen molar-refractivity contribution in [1.29, 1.82) is 0 Å². The van der Waals surface area contributed by atoms with Crippen molar-refractivity contribution >= 4 is 29.0 Å². The fourth-order valence-electron chi connectivity index (χ4n) is 2.98. The number of carbonyl (C=O) groups excluding carboxylic acids is 1. The van der Waals surface area contributed by atoms with Crippen LogP contribution in [0, 0.1) is 5.82 Å². The van der Waals surface area contributed by atoms with Crippen molar-refractivity contribution in [3.05, 3.63) is 92.7 Å². The Morgan fingerprint density at radius 3 is 2.34 bits per heavy atom. The van der Waals surface area contributed by atoms with E-state index in [0.717, 1.165) is 11.1 Å². The molecule has 0 fully saturated rings. The number of rotatable bonds is 7. The molecule has 0 aliphatic carbocycles. The molecule has 3 nitrogen and oxygen atoms in total. The van der Waals surface area contributed by atoms with Crippen LogP contribution in [0.4, 0.5) is 4.39 Å². The van der Waals surface area contributed by atoms with Gasteiger partial charge in [-0.05, 0) is 59.5 Å². The lowest BCUT2D eigenvalue weighted by Gasteiger charge is -2.12. The van der Waals surface area contributed by atoms with Gasteiger partial charge in [-0.25, -0.2) is 4.39 Å². The molecule has 150 valence electrons. The first-order valence-corrected chi connectivity index (χ1v) is 9.73. The minimum absolute atomic E-state index is 0.0482. The number of benzene rings is 3. The van der Waals surface area contributed by atoms with E-state index in [2.05, 4.69) is 0 Å². The van der Waals surface area contributed by atoms with Gasteiger partial charge in [0.1, 0.15) is 23.9 Å². The summed E-state index contributed by atoms with van der Waals surface area (Å²) >= 11 is 12.8. The molecule has 0 spiro atoms. The molecule has 1 N–H and O–H groups in total. The Balaban J connectivity index is 1.82. The lowest BCUT2D eigenvalue weighted by molar-refractivity contribution is -0.118. The maximum atomic E-state index is 13.4. The Hall–Kier alpha value is -2.56. The number of ether oxygens (including phenoxy) is 1. The van der Waals surface area contributed by atoms with Crippen LogP contribution in [0.2, 0.25) is 10.0 Å². The summed E-state index contributed by atoms with van der Waals surface area (Å²) in [5, 5.41) is 11.0. The van der Waals surface area contributed by atoms with Crippen LogP contribution in [0.25, 0.3) is 0 Å². The molecular weight excluding hydrogens is 414 g/mol. The molecule has 29 heavy (non-hydrogen) atoms. The van der Waals surface area contributed by atoms with E-state index < -0.39 is 0 Å². The number of hydrogen-bond donors (Lipinski definition) is 1. The average Bonchev–Trinajstić information content (AvgIpc) is 2.65. The van der Waals surface area contributed by atoms with E-state index in [0.29, 0.717) is 39.8 Å². The van der Waals surface area contributed by atoms with Crippen LogP contribution >= 0.6 is 23.2 Å². The summed E-state index contributed by atoms with van der Waals surface area (Å²) in [6.45, 7) is 1.39. The summed E-state index contributed by atoms with van der Waals surface area (Å²) in [7, 11) is 0. The number of ketones is 1. The van der Waals surface area contributed by atoms with Gasteiger partial charge in [0.25, 0.3) is 0 Å². The van der Waals surface area contributed by atoms with Gasteiger partial charge in [0.15, 0.2) is 5.78 Å². The molecule has 0 atom stereocenters. The molecule has 3 aromatic rings. The quantitative estimate of drug-likeness (QED) is 0.498. The molecule has 0 saturated heterocycles. The molecular formula is C23H19Cl2FO3. The van der Waals surface area contributed by atoms with Crippen molar-refractivity contribution in [2.75, 3.05) is 6.61 Å². The molecule has 3 aromatic carbocycles. The van der Waals surface area contributed by atoms with E-state index in [4.69, 9.17) is 27.9 Å². The van der Waals surface area contributed by atoms with E-state index in [1.165, 1.54) is 19.1 Å². The van der Waals surface area contributed by atoms with Gasteiger partial charge in [-0.1, -0.05) is 47.5 Å². The predicted octanol–water partition coefficient (Wildman–Crippen LogP) is 5.99. The molecule has 0 heterocycles. The first kappa shape index (κ1) is 21.2. The maximum absolute atomic E-state index is 13.4. The summed E-state index contributed by atoms with van der Waals surface area (Å²) in [5.41, 5.74) is 3.06. The summed E-state index contributed by atoms with van der Waals surface area (Å²) < 4.78 is 18.8. The Morgan fingerprint density at radius 1 is 1.00 bits per heavy atom. The minimum atomic E-state index is -0.316. The van der Waals surface area contributed by atoms with Gasteiger partial charge in [0.2, 0.25) is 0 Å². The van der Waals surface area contributed by atoms with Crippen molar-refractivity contribution < 1.29 is 19.0 Å². The molecule has 0 unspecified atom stereocenters. The number of phenols is 1. The van der Waals surface area contributed by atoms with E-state index >= 15 is 0 Å². The van der Waals surface area contributed by atoms with Gasteiger partial charge in [0.05, 0.1) is 0 Å². The highest BCUT2D eigenvalue weighted by atomic mass is 35.5. The molecule has 6 heteroatoms. The smallest absolute Gasteiger partial charge is 0.167 e. The topological polar surface area (TPSA) is 46.5 Å². The highest BCUT2D eigenvalue weighted by molar-refractivity contribution is 6.36. The van der Waals surface area contributed by atoms with E-state index in [1.54, 1.807) is 30.3 Å². The summed E-state index contributed by atoms with van der Waals surface area (Å²) in [6, 6.07) is 14.8. The van der Waals surface area contributed by atoms with Crippen LogP contribution in [-0.4, -0.2) is 17.5 Å². The number of hydrogen-bond acceptors (Lipinski definition) is 3. The van der Waals surface area contributed by atoms with Gasteiger partial charge >= 0.3 is 0 Å². The third-order valence-electron chi connectivity index (χ3n) is 4.37. The normalized spacial score (nSPS) is 10.8. The monoisotopic (exact) mass is 432 g/mol. The first-order chi connectivity index (χ1) is 13.8. The summed E-state index contributed by atoms with van der Waals surface area (Å²) in [6.07, 6.45) is 0.845. The van der Waals surface area contributed by atoms with Gasteiger partial charge in [-0.15, -0.1) is 0 Å². The average molecular weight is 433 g/mol. The Bertz CT molecular complexity index is 1030. The van der Waals surface area contributed by atoms with Crippen molar-refractivity contribution in [3.63, 3.8) is 0 Å². The van der Waals surface area contributed by atoms with Crippen molar-refractivity contribution in [1.82, 2.24) is 0 Å². The number of Topliss-reactive ketones (excluding diaryl/α,β-unsaturated/α-hetero) is 1. The number of phenolic OH excluding ortho intramolecular Hbond substituents is 1. The third-order valence-corrected chi connectivity index (χ3v) is 5.04. The molecule has 0 amide bonds. The van der Waals surface area contributed by atoms with Crippen molar-refractivity contribution in [3.8, 4) is 11.5 Å². The largest absolute Gasteiger partial charge is 0.508 e. The molecule has 3 rings (SSSR count). The third kappa shape index (κ3) is 5.72. The van der Waals surface area contributed by atoms with E-state index in [9.17, 15) is 14.3 Å². The fourth-order valence-corrected chi connectivity index (χ4v) is 3.58. The van der Waals surface area contributed by atoms with Crippen LogP contribution in [-0.2, 0) is 17.6 Å². The molecule has 0 saturated carbocycles. The second-order valence-corrected chi connectivity index (χ2v) is 7.62. The fraction of sp³-hybridized carbons (Fsp3) is 0.174. The van der Waals surface area contributed by atoms with E-state index in [-0.39, 0.29) is 24.0 Å². The molecule has 0 radical (unpaired) electrons. The van der Waals surface area contributed by atoms with Crippen LogP contribution in [0.15, 0.2) is 54.6 Å². The molecule has 0 aromatic heterocycles. The molecule has 0 aliphatic rings. The maximum Gasteiger partial charge on any atom is 0.167 e. The zero-order valence-electron chi connectivity index (χ0n) is 15.7. The zero-order valence-corrected chi connectivity index (χ0v) is 17.2. The van der Waals surface area contributed by atoms with Crippen LogP contribution in [0.3, 0.4) is 0 Å². The lowest BCUT2D eigenvalue weighted by atomic mass is 9.98. The van der Waals surface area contributed by atoms with E-state index in [1.807, 2.05) is 12.1 Å². The Labute approximate surface area is 178 Å². The number of halogens is 3. The van der Waals surface area contributed by atoms with Crippen molar-refractivity contribution in [2.24, 2.45) is 0 Å². The standard InChI is InChI=1S/C23H19Cl2FO3/c1-14(27)13-29-19-11-21(24)20(22(25)12-19)10-16-5-6-23(28)17(8-16)7-15-3-2-4-18(26)9-15/h2-6,8-9,11-12,28H,7,10,13H2,1H3. The first-order valence-electron chi connectivity index (χ1n) is 8.97. The predicted molar refractivity (Wildman–Crippen MR) is 113 cm³/mol. The number of carbonyl (C=O) groups is 1. The lowest BCUT2D eigenvalue weighted by Crippen LogP contribution is -2.06. The zero-order chi connectivity index (χ0) is 21.0. The van der Waals surface area contributed by atoms with Crippen LogP contribution in [0.1, 0.15) is 29.2 Å². The molecule has 0 bridgehead atoms. The van der Waals surface area contributed by atoms with Gasteiger partial charge in [-0.3, -0.25) is 4.79 Å². The summed E-state index contributed by atoms with van der Waals surface area (Å²) in [4.78, 5) is 11.1. The summed E-state index contributed by atoms with van der Waals surface area (Å²) in [5.74, 6) is 0.152. The second kappa shape index (κ2) is 9.29. The van der Waals surface area contributed by atoms with Gasteiger partial charge in [0, 0.05) is 22.9 Å². The van der Waals surface area contributed by atoms with Gasteiger partial charge in [-0.2, -0.15) is 0 Å². The van der Waals surface area contributed by atoms with Crippen LogP contribution in [0.5, 0.6) is 11.5 Å². The minimum Gasteiger partial charge on any atom is -0.508 e. The van der Waals surface area contributed by atoms with Gasteiger partial charge < -0.3 is 9.84 Å². The second-order valence-electron chi connectivity index (χ2n) is 6.80. The van der Waals surface area contributed by atoms with Crippen molar-refractivity contribution in [2.45, 2.75) is 19.8 Å². The molecule has 0 aliphatic heterocycles.